The number of carbonyl (C=O) groups excluding carboxylic acids is 1. The number of benzene rings is 1. The first kappa shape index (κ1) is 22.3. The highest BCUT2D eigenvalue weighted by Gasteiger charge is 2.53. The van der Waals surface area contributed by atoms with Crippen molar-refractivity contribution >= 4 is 33.2 Å². The molecule has 4 aliphatic carbocycles. The third-order valence-corrected chi connectivity index (χ3v) is 8.20. The monoisotopic (exact) mass is 540 g/mol. The van der Waals surface area contributed by atoms with Crippen molar-refractivity contribution in [2.45, 2.75) is 50.8 Å². The van der Waals surface area contributed by atoms with E-state index in [0.717, 1.165) is 23.7 Å². The zero-order valence-corrected chi connectivity index (χ0v) is 20.6. The number of carbonyl (C=O) groups is 1. The second kappa shape index (κ2) is 8.47. The average Bonchev–Trinajstić information content (AvgIpc) is 3.46. The second-order valence-corrected chi connectivity index (χ2v) is 11.1. The van der Waals surface area contributed by atoms with Crippen molar-refractivity contribution in [2.75, 3.05) is 5.32 Å². The molecule has 4 fully saturated rings. The summed E-state index contributed by atoms with van der Waals surface area (Å²) >= 11 is 3.38. The fourth-order valence-corrected chi connectivity index (χ4v) is 6.87. The molecular weight excluding hydrogens is 516 g/mol. The van der Waals surface area contributed by atoms with E-state index >= 15 is 0 Å². The lowest BCUT2D eigenvalue weighted by atomic mass is 9.53. The highest BCUT2D eigenvalue weighted by Crippen LogP contribution is 2.58. The van der Waals surface area contributed by atoms with Crippen LogP contribution in [-0.4, -0.2) is 30.4 Å². The van der Waals surface area contributed by atoms with Gasteiger partial charge in [-0.05, 0) is 80.5 Å². The Labute approximate surface area is 209 Å². The molecule has 4 aliphatic rings. The van der Waals surface area contributed by atoms with E-state index in [2.05, 4.69) is 31.4 Å². The number of halogens is 1. The fourth-order valence-electron chi connectivity index (χ4n) is 6.61. The highest BCUT2D eigenvalue weighted by molar-refractivity contribution is 9.10. The summed E-state index contributed by atoms with van der Waals surface area (Å²) in [4.78, 5) is 24.3. The molecule has 7 rings (SSSR count). The van der Waals surface area contributed by atoms with Gasteiger partial charge in [-0.15, -0.1) is 0 Å². The molecule has 182 valence electrons. The van der Waals surface area contributed by atoms with Gasteiger partial charge in [0.2, 0.25) is 5.69 Å². The average molecular weight is 541 g/mol. The molecule has 2 heterocycles. The number of rotatable bonds is 7. The zero-order chi connectivity index (χ0) is 24.2. The Morgan fingerprint density at radius 1 is 1.14 bits per heavy atom. The molecule has 10 nitrogen and oxygen atoms in total. The molecule has 4 saturated carbocycles. The van der Waals surface area contributed by atoms with Crippen molar-refractivity contribution in [1.82, 2.24) is 19.6 Å². The molecule has 0 saturated heterocycles. The Balaban J connectivity index is 1.18. The zero-order valence-electron chi connectivity index (χ0n) is 19.0. The van der Waals surface area contributed by atoms with Crippen LogP contribution in [0.1, 0.15) is 49.0 Å². The SMILES string of the molecule is O=C(Nc1cnn(COc2ccc(Br)cc2)c1)c1nn(C23CC4CC(CC(C4)C2)C3)cc1[N+](=O)[O-]. The maximum atomic E-state index is 13.0. The first-order valence-corrected chi connectivity index (χ1v) is 12.6. The third kappa shape index (κ3) is 4.22. The largest absolute Gasteiger partial charge is 0.471 e. The van der Waals surface area contributed by atoms with Gasteiger partial charge in [-0.1, -0.05) is 15.9 Å². The van der Waals surface area contributed by atoms with E-state index in [4.69, 9.17) is 4.74 Å². The van der Waals surface area contributed by atoms with Crippen LogP contribution >= 0.6 is 15.9 Å². The van der Waals surface area contributed by atoms with Crippen LogP contribution in [-0.2, 0) is 12.3 Å². The minimum absolute atomic E-state index is 0.151. The van der Waals surface area contributed by atoms with Crippen molar-refractivity contribution in [3.63, 3.8) is 0 Å². The number of hydrogen-bond donors (Lipinski definition) is 1. The Hall–Kier alpha value is -3.21. The smallest absolute Gasteiger partial charge is 0.320 e. The summed E-state index contributed by atoms with van der Waals surface area (Å²) in [7, 11) is 0. The summed E-state index contributed by atoms with van der Waals surface area (Å²) in [6.45, 7) is 0.151. The molecule has 35 heavy (non-hydrogen) atoms. The molecule has 2 aromatic heterocycles. The van der Waals surface area contributed by atoms with Gasteiger partial charge in [0.25, 0.3) is 5.91 Å². The van der Waals surface area contributed by atoms with Gasteiger partial charge in [-0.3, -0.25) is 19.6 Å². The quantitative estimate of drug-likeness (QED) is 0.334. The molecule has 3 aromatic rings. The third-order valence-electron chi connectivity index (χ3n) is 7.67. The van der Waals surface area contributed by atoms with Crippen molar-refractivity contribution in [3.8, 4) is 5.75 Å². The lowest BCUT2D eigenvalue weighted by molar-refractivity contribution is -0.385. The van der Waals surface area contributed by atoms with Crippen LogP contribution in [0, 0.1) is 27.9 Å². The molecule has 11 heteroatoms. The Bertz CT molecular complexity index is 1250. The van der Waals surface area contributed by atoms with E-state index in [9.17, 15) is 14.9 Å². The molecule has 1 amide bonds. The molecular formula is C24H25BrN6O4. The number of aromatic nitrogens is 4. The molecule has 0 unspecified atom stereocenters. The van der Waals surface area contributed by atoms with Crippen molar-refractivity contribution < 1.29 is 14.5 Å². The predicted molar refractivity (Wildman–Crippen MR) is 130 cm³/mol. The van der Waals surface area contributed by atoms with E-state index in [0.29, 0.717) is 29.2 Å². The lowest BCUT2D eigenvalue weighted by Gasteiger charge is -2.56. The minimum Gasteiger partial charge on any atom is -0.471 e. The van der Waals surface area contributed by atoms with Crippen LogP contribution in [0.25, 0.3) is 0 Å². The Morgan fingerprint density at radius 3 is 2.43 bits per heavy atom. The van der Waals surface area contributed by atoms with Crippen LogP contribution in [0.15, 0.2) is 47.3 Å². The van der Waals surface area contributed by atoms with Gasteiger partial charge in [-0.2, -0.15) is 10.2 Å². The first-order valence-electron chi connectivity index (χ1n) is 11.8. The number of hydrogen-bond acceptors (Lipinski definition) is 6. The fraction of sp³-hybridized carbons (Fsp3) is 0.458. The molecule has 4 bridgehead atoms. The number of nitrogens with zero attached hydrogens (tertiary/aromatic N) is 5. The van der Waals surface area contributed by atoms with Gasteiger partial charge in [0.1, 0.15) is 11.9 Å². The van der Waals surface area contributed by atoms with Crippen molar-refractivity contribution in [1.29, 1.82) is 0 Å². The molecule has 0 aliphatic heterocycles. The predicted octanol–water partition coefficient (Wildman–Crippen LogP) is 4.96. The summed E-state index contributed by atoms with van der Waals surface area (Å²) in [6.07, 6.45) is 11.3. The van der Waals surface area contributed by atoms with Crippen LogP contribution < -0.4 is 10.1 Å². The maximum Gasteiger partial charge on any atom is 0.320 e. The minimum atomic E-state index is -0.617. The van der Waals surface area contributed by atoms with E-state index in [1.54, 1.807) is 10.9 Å². The van der Waals surface area contributed by atoms with Gasteiger partial charge < -0.3 is 10.1 Å². The van der Waals surface area contributed by atoms with E-state index in [1.165, 1.54) is 36.3 Å². The lowest BCUT2D eigenvalue weighted by Crippen LogP contribution is -2.52. The van der Waals surface area contributed by atoms with Crippen LogP contribution in [0.4, 0.5) is 11.4 Å². The van der Waals surface area contributed by atoms with Gasteiger partial charge in [0.15, 0.2) is 6.73 Å². The summed E-state index contributed by atoms with van der Waals surface area (Å²) in [5.74, 6) is 2.04. The molecule has 1 N–H and O–H groups in total. The van der Waals surface area contributed by atoms with Crippen LogP contribution in [0.2, 0.25) is 0 Å². The van der Waals surface area contributed by atoms with Crippen molar-refractivity contribution in [2.24, 2.45) is 17.8 Å². The maximum absolute atomic E-state index is 13.0. The number of anilines is 1. The van der Waals surface area contributed by atoms with E-state index in [-0.39, 0.29) is 23.7 Å². The van der Waals surface area contributed by atoms with Crippen LogP contribution in [0.3, 0.4) is 0 Å². The van der Waals surface area contributed by atoms with E-state index < -0.39 is 10.8 Å². The molecule has 1 aromatic carbocycles. The summed E-state index contributed by atoms with van der Waals surface area (Å²) < 4.78 is 9.91. The van der Waals surface area contributed by atoms with E-state index in [1.807, 2.05) is 24.3 Å². The van der Waals surface area contributed by atoms with Gasteiger partial charge in [0.05, 0.1) is 28.5 Å². The first-order chi connectivity index (χ1) is 16.9. The number of ether oxygens (including phenoxy) is 1. The summed E-state index contributed by atoms with van der Waals surface area (Å²) in [5.41, 5.74) is -0.213. The standard InChI is InChI=1S/C24H25BrN6O4/c25-18-1-3-20(4-2-18)35-14-29-12-19(11-26-29)27-23(32)22-21(31(33)34)13-30(28-22)24-8-15-5-16(9-24)7-17(6-15)10-24/h1-4,11-13,15-17H,5-10,14H2,(H,27,32). The van der Waals surface area contributed by atoms with Gasteiger partial charge in [0, 0.05) is 4.47 Å². The summed E-state index contributed by atoms with van der Waals surface area (Å²) in [5, 5.41) is 23.2. The Kier molecular flexibility index (Phi) is 5.39. The topological polar surface area (TPSA) is 117 Å². The number of nitrogens with one attached hydrogen (secondary N) is 1. The van der Waals surface area contributed by atoms with Gasteiger partial charge >= 0.3 is 5.69 Å². The molecule has 0 spiro atoms. The highest BCUT2D eigenvalue weighted by atomic mass is 79.9. The van der Waals surface area contributed by atoms with Crippen LogP contribution in [0.5, 0.6) is 5.75 Å². The van der Waals surface area contributed by atoms with Crippen molar-refractivity contribution in [3.05, 3.63) is 63.1 Å². The second-order valence-electron chi connectivity index (χ2n) is 10.2. The Morgan fingerprint density at radius 2 is 1.80 bits per heavy atom. The molecule has 0 atom stereocenters. The number of amides is 1. The summed E-state index contributed by atoms with van der Waals surface area (Å²) in [6, 6.07) is 7.41. The normalized spacial score (nSPS) is 26.6. The number of nitro groups is 1. The van der Waals surface area contributed by atoms with Gasteiger partial charge in [-0.25, -0.2) is 4.68 Å². The molecule has 0 radical (unpaired) electrons.